The molecule has 2 unspecified atom stereocenters. The first-order valence-electron chi connectivity index (χ1n) is 27.6. The second-order valence-corrected chi connectivity index (χ2v) is 22.4. The molecule has 4 atom stereocenters. The molecule has 8 aliphatic rings. The minimum atomic E-state index is -0.998. The van der Waals surface area contributed by atoms with Crippen molar-refractivity contribution in [2.75, 3.05) is 118 Å². The van der Waals surface area contributed by atoms with Crippen molar-refractivity contribution in [3.05, 3.63) is 58.7 Å². The van der Waals surface area contributed by atoms with Gasteiger partial charge >= 0.3 is 6.09 Å². The summed E-state index contributed by atoms with van der Waals surface area (Å²) in [5.41, 5.74) is 0.345. The third kappa shape index (κ3) is 13.8. The number of piperazine rings is 2. The van der Waals surface area contributed by atoms with E-state index in [0.717, 1.165) is 88.3 Å². The Morgan fingerprint density at radius 3 is 1.48 bits per heavy atom. The predicted molar refractivity (Wildman–Crippen MR) is 282 cm³/mol. The van der Waals surface area contributed by atoms with E-state index in [1.54, 1.807) is 23.1 Å². The summed E-state index contributed by atoms with van der Waals surface area (Å²) < 4.78 is 28.9. The molecule has 0 spiro atoms. The lowest BCUT2D eigenvalue weighted by atomic mass is 10.0. The average molecular weight is 1100 g/mol. The van der Waals surface area contributed by atoms with Gasteiger partial charge in [0, 0.05) is 117 Å². The van der Waals surface area contributed by atoms with Gasteiger partial charge in [-0.2, -0.15) is 0 Å². The third-order valence-electron chi connectivity index (χ3n) is 15.5. The van der Waals surface area contributed by atoms with Gasteiger partial charge in [0.25, 0.3) is 23.6 Å². The Hall–Kier alpha value is -6.41. The molecular formula is C55H74N10O14. The van der Waals surface area contributed by atoms with Crippen LogP contribution in [0.2, 0.25) is 0 Å². The predicted octanol–water partition coefficient (Wildman–Crippen LogP) is 0.570. The number of carbonyl (C=O) groups excluding carboxylic acids is 9. The number of imide groups is 4. The molecule has 0 saturated carbocycles. The molecule has 24 heteroatoms. The van der Waals surface area contributed by atoms with Crippen LogP contribution in [-0.4, -0.2) is 248 Å². The van der Waals surface area contributed by atoms with Crippen molar-refractivity contribution >= 4 is 53.4 Å². The molecule has 10 rings (SSSR count). The Bertz CT molecular complexity index is 2670. The van der Waals surface area contributed by atoms with Crippen molar-refractivity contribution < 1.29 is 66.8 Å². The molecule has 6 saturated heterocycles. The number of ether oxygens (including phenoxy) is 5. The fraction of sp³-hybridized carbons (Fsp3) is 0.618. The van der Waals surface area contributed by atoms with E-state index in [-0.39, 0.29) is 78.9 Å². The highest BCUT2D eigenvalue weighted by Crippen LogP contribution is 2.32. The molecule has 0 bridgehead atoms. The van der Waals surface area contributed by atoms with Crippen LogP contribution in [0.1, 0.15) is 102 Å². The van der Waals surface area contributed by atoms with E-state index in [0.29, 0.717) is 50.5 Å². The summed E-state index contributed by atoms with van der Waals surface area (Å²) in [6.45, 7) is 24.4. The van der Waals surface area contributed by atoms with E-state index in [9.17, 15) is 43.2 Å². The summed E-state index contributed by atoms with van der Waals surface area (Å²) in [7, 11) is 0. The highest BCUT2D eigenvalue weighted by atomic mass is 16.6. The van der Waals surface area contributed by atoms with E-state index >= 15 is 0 Å². The summed E-state index contributed by atoms with van der Waals surface area (Å²) in [4.78, 5) is 124. The fourth-order valence-corrected chi connectivity index (χ4v) is 11.0. The van der Waals surface area contributed by atoms with E-state index in [2.05, 4.69) is 49.4 Å². The Balaban J connectivity index is 0.000000195. The molecule has 2 aromatic rings. The Labute approximate surface area is 459 Å². The van der Waals surface area contributed by atoms with Crippen LogP contribution in [0.25, 0.3) is 0 Å². The zero-order valence-electron chi connectivity index (χ0n) is 45.8. The van der Waals surface area contributed by atoms with Gasteiger partial charge in [0.2, 0.25) is 23.6 Å². The molecule has 79 heavy (non-hydrogen) atoms. The molecule has 6 fully saturated rings. The quantitative estimate of drug-likeness (QED) is 0.136. The largest absolute Gasteiger partial charge is 0.491 e. The van der Waals surface area contributed by atoms with Gasteiger partial charge in [0.15, 0.2) is 0 Å². The van der Waals surface area contributed by atoms with Gasteiger partial charge in [-0.05, 0) is 83.9 Å². The lowest BCUT2D eigenvalue weighted by molar-refractivity contribution is -0.137. The van der Waals surface area contributed by atoms with Crippen molar-refractivity contribution in [3.8, 4) is 11.5 Å². The summed E-state index contributed by atoms with van der Waals surface area (Å²) in [5, 5.41) is 7.80. The molecule has 428 valence electrons. The first-order valence-corrected chi connectivity index (χ1v) is 27.6. The number of nitrogens with zero attached hydrogens (tertiary/aromatic N) is 7. The minimum absolute atomic E-state index is 0.0742. The fourth-order valence-electron chi connectivity index (χ4n) is 11.0. The maximum atomic E-state index is 13.0. The lowest BCUT2D eigenvalue weighted by Crippen LogP contribution is -2.58. The summed E-state index contributed by atoms with van der Waals surface area (Å²) >= 11 is 0. The molecule has 8 heterocycles. The number of fused-ring (bicyclic) bond motifs is 2. The van der Waals surface area contributed by atoms with Crippen molar-refractivity contribution in [1.29, 1.82) is 0 Å². The summed E-state index contributed by atoms with van der Waals surface area (Å²) in [6.07, 6.45) is 0.492. The maximum absolute atomic E-state index is 13.0. The number of hydrogen-bond acceptors (Lipinski definition) is 19. The van der Waals surface area contributed by atoms with Gasteiger partial charge in [-0.25, -0.2) is 4.79 Å². The molecule has 0 aromatic heterocycles. The van der Waals surface area contributed by atoms with Crippen molar-refractivity contribution in [1.82, 2.24) is 50.2 Å². The van der Waals surface area contributed by atoms with E-state index in [1.165, 1.54) is 18.2 Å². The number of benzene rings is 2. The van der Waals surface area contributed by atoms with Crippen molar-refractivity contribution in [2.45, 2.75) is 102 Å². The van der Waals surface area contributed by atoms with Crippen LogP contribution >= 0.6 is 0 Å². The van der Waals surface area contributed by atoms with Crippen LogP contribution < -0.4 is 25.4 Å². The van der Waals surface area contributed by atoms with Crippen LogP contribution in [0.5, 0.6) is 11.5 Å². The van der Waals surface area contributed by atoms with Gasteiger partial charge in [-0.15, -0.1) is 0 Å². The third-order valence-corrected chi connectivity index (χ3v) is 15.5. The Morgan fingerprint density at radius 2 is 1.04 bits per heavy atom. The van der Waals surface area contributed by atoms with Gasteiger partial charge in [-0.1, -0.05) is 0 Å². The highest BCUT2D eigenvalue weighted by molar-refractivity contribution is 6.24. The zero-order chi connectivity index (χ0) is 56.1. The van der Waals surface area contributed by atoms with Gasteiger partial charge in [-0.3, -0.25) is 78.4 Å². The molecule has 2 aromatic carbocycles. The maximum Gasteiger partial charge on any atom is 0.410 e. The number of hydrogen-bond donors (Lipinski definition) is 3. The molecule has 24 nitrogen and oxygen atoms in total. The normalized spacial score (nSPS) is 24.6. The number of amides is 9. The highest BCUT2D eigenvalue weighted by Gasteiger charge is 2.46. The Morgan fingerprint density at radius 1 is 0.570 bits per heavy atom. The van der Waals surface area contributed by atoms with E-state index in [1.807, 2.05) is 20.8 Å². The summed E-state index contributed by atoms with van der Waals surface area (Å²) in [6, 6.07) is 8.25. The van der Waals surface area contributed by atoms with Crippen LogP contribution in [-0.2, 0) is 33.4 Å². The second-order valence-electron chi connectivity index (χ2n) is 22.4. The monoisotopic (exact) mass is 1100 g/mol. The van der Waals surface area contributed by atoms with Gasteiger partial charge in [0.05, 0.1) is 47.7 Å². The molecule has 3 N–H and O–H groups in total. The van der Waals surface area contributed by atoms with Crippen molar-refractivity contribution in [3.63, 3.8) is 0 Å². The minimum Gasteiger partial charge on any atom is -0.491 e. The van der Waals surface area contributed by atoms with E-state index < -0.39 is 64.9 Å². The average Bonchev–Trinajstić information content (AvgIpc) is 3.93. The SMILES string of the molecule is C[C@H]1CN(C(=O)OC(C)(C)C)CCN1CCN1CC(OCCOc2ccc3c(c2)C(=O)N(C2CCC(=O)NC2=O)C3=O)C1.C[C@H]1CNCCN1CCN1CC(OCCOc2ccc3c(c2)C(=O)N(C2CCC(=O)NC2=O)C3=O)C1. The molecule has 8 aliphatic heterocycles. The van der Waals surface area contributed by atoms with E-state index in [4.69, 9.17) is 23.7 Å². The first-order chi connectivity index (χ1) is 37.8. The number of carbonyl (C=O) groups is 9. The zero-order valence-corrected chi connectivity index (χ0v) is 45.8. The standard InChI is InChI=1S/C30H41N5O8.C25H33N5O6/c1-19-16-34(29(40)43-30(2,3)4)12-11-33(19)10-9-32-17-21(18-32)42-14-13-41-20-5-6-22-23(15-20)28(39)35(27(22)38)24-7-8-25(36)31-26(24)37;1-16-13-26-6-7-29(16)9-8-28-14-18(15-28)36-11-10-35-17-2-3-19-20(12-17)25(34)30(24(19)33)21-4-5-22(31)27-23(21)32/h5-6,15,19,21,24H,7-14,16-18H2,1-4H3,(H,31,36,37);2-3,12,16,18,21,26H,4-11,13-15H2,1H3,(H,27,31,32)/t19-,24?;16-,21?/m00/s1. The molecule has 9 amide bonds. The Kier molecular flexibility index (Phi) is 18.1. The molecule has 0 radical (unpaired) electrons. The smallest absolute Gasteiger partial charge is 0.410 e. The topological polar surface area (TPSA) is 259 Å². The van der Waals surface area contributed by atoms with Gasteiger partial charge in [0.1, 0.15) is 42.4 Å². The number of rotatable bonds is 18. The van der Waals surface area contributed by atoms with Crippen molar-refractivity contribution in [2.24, 2.45) is 0 Å². The number of likely N-dealkylation sites (tertiary alicyclic amines) is 2. The molecular weight excluding hydrogens is 1020 g/mol. The molecule has 0 aliphatic carbocycles. The van der Waals surface area contributed by atoms with Crippen LogP contribution in [0.3, 0.4) is 0 Å². The van der Waals surface area contributed by atoms with Crippen LogP contribution in [0.15, 0.2) is 36.4 Å². The first kappa shape index (κ1) is 57.3. The van der Waals surface area contributed by atoms with Crippen LogP contribution in [0, 0.1) is 0 Å². The van der Waals surface area contributed by atoms with Gasteiger partial charge < -0.3 is 33.9 Å². The number of piperidine rings is 2. The second kappa shape index (κ2) is 24.9. The number of nitrogens with one attached hydrogen (secondary N) is 3. The van der Waals surface area contributed by atoms with Crippen LogP contribution in [0.4, 0.5) is 4.79 Å². The summed E-state index contributed by atoms with van der Waals surface area (Å²) in [5.74, 6) is -3.35. The lowest BCUT2D eigenvalue weighted by Gasteiger charge is -2.43.